The van der Waals surface area contributed by atoms with Crippen molar-refractivity contribution in [1.82, 2.24) is 0 Å². The first-order chi connectivity index (χ1) is 5.09. The minimum atomic E-state index is -2.89. The highest BCUT2D eigenvalue weighted by atomic mass is 31.2. The highest BCUT2D eigenvalue weighted by Gasteiger charge is 1.99. The standard InChI is InChI=1S/C4H8O5P2/c1-9-3-2-4(10(5)6)11(7)8/h4H,2-3H2,1H3/q-4. The molecule has 0 saturated heterocycles. The van der Waals surface area contributed by atoms with Crippen LogP contribution in [0.15, 0.2) is 0 Å². The van der Waals surface area contributed by atoms with E-state index in [0.717, 1.165) is 0 Å². The highest BCUT2D eigenvalue weighted by Crippen LogP contribution is 2.40. The Hall–Kier alpha value is 0.660. The Morgan fingerprint density at radius 2 is 1.64 bits per heavy atom. The molecule has 0 rings (SSSR count). The molecule has 0 aromatic rings. The van der Waals surface area contributed by atoms with Gasteiger partial charge in [-0.3, -0.25) is 0 Å². The van der Waals surface area contributed by atoms with E-state index in [1.54, 1.807) is 0 Å². The van der Waals surface area contributed by atoms with Gasteiger partial charge in [-0.15, -0.1) is 0 Å². The average Bonchev–Trinajstić information content (AvgIpc) is 1.87. The fourth-order valence-corrected chi connectivity index (χ4v) is 1.76. The van der Waals surface area contributed by atoms with Gasteiger partial charge in [-0.05, 0) is 6.42 Å². The summed E-state index contributed by atoms with van der Waals surface area (Å²) in [5.41, 5.74) is 0. The zero-order chi connectivity index (χ0) is 8.85. The summed E-state index contributed by atoms with van der Waals surface area (Å²) in [5.74, 6) is 0. The zero-order valence-electron chi connectivity index (χ0n) is 5.93. The minimum absolute atomic E-state index is 0.00784. The molecule has 0 aliphatic heterocycles. The Morgan fingerprint density at radius 1 is 1.18 bits per heavy atom. The molecular formula is C4H8O5P2-4. The Bertz CT molecular complexity index is 90.5. The maximum Gasteiger partial charge on any atom is 0.0469 e. The number of hydrogen-bond acceptors (Lipinski definition) is 5. The number of ether oxygens (including phenoxy) is 1. The molecule has 0 unspecified atom stereocenters. The van der Waals surface area contributed by atoms with Crippen LogP contribution in [-0.4, -0.2) is 19.1 Å². The Labute approximate surface area is 67.5 Å². The summed E-state index contributed by atoms with van der Waals surface area (Å²) in [5, 5.41) is -1.28. The third-order valence-corrected chi connectivity index (χ3v) is 3.69. The number of hydrogen-bond donors (Lipinski definition) is 0. The van der Waals surface area contributed by atoms with Gasteiger partial charge in [0.15, 0.2) is 0 Å². The molecule has 0 bridgehead atoms. The minimum Gasteiger partial charge on any atom is -0.841 e. The van der Waals surface area contributed by atoms with Gasteiger partial charge in [0.05, 0.1) is 0 Å². The fourth-order valence-electron chi connectivity index (χ4n) is 0.511. The molecule has 68 valence electrons. The van der Waals surface area contributed by atoms with Crippen molar-refractivity contribution in [2.75, 3.05) is 13.7 Å². The lowest BCUT2D eigenvalue weighted by atomic mass is 10.5. The third-order valence-electron chi connectivity index (χ3n) is 1.07. The van der Waals surface area contributed by atoms with Crippen molar-refractivity contribution in [3.8, 4) is 0 Å². The molecule has 0 aromatic carbocycles. The summed E-state index contributed by atoms with van der Waals surface area (Å²) in [7, 11) is -4.40. The lowest BCUT2D eigenvalue weighted by Gasteiger charge is -2.52. The van der Waals surface area contributed by atoms with Crippen molar-refractivity contribution < 1.29 is 24.3 Å². The molecule has 5 nitrogen and oxygen atoms in total. The van der Waals surface area contributed by atoms with Crippen LogP contribution in [0.2, 0.25) is 0 Å². The fraction of sp³-hybridized carbons (Fsp3) is 1.00. The van der Waals surface area contributed by atoms with Crippen LogP contribution in [-0.2, 0) is 4.74 Å². The van der Waals surface area contributed by atoms with E-state index in [9.17, 15) is 19.6 Å². The van der Waals surface area contributed by atoms with Gasteiger partial charge in [0.2, 0.25) is 0 Å². The SMILES string of the molecule is COCCC(P([O-])[O-])P([O-])[O-]. The normalized spacial score (nSPS) is 12.0. The van der Waals surface area contributed by atoms with Crippen molar-refractivity contribution in [1.29, 1.82) is 0 Å². The van der Waals surface area contributed by atoms with Crippen LogP contribution in [0, 0.1) is 0 Å². The molecule has 0 aliphatic carbocycles. The third kappa shape index (κ3) is 4.99. The maximum atomic E-state index is 10.2. The van der Waals surface area contributed by atoms with Crippen LogP contribution in [0.5, 0.6) is 0 Å². The average molecular weight is 198 g/mol. The van der Waals surface area contributed by atoms with E-state index in [4.69, 9.17) is 0 Å². The van der Waals surface area contributed by atoms with Gasteiger partial charge in [-0.1, -0.05) is 5.40 Å². The highest BCUT2D eigenvalue weighted by molar-refractivity contribution is 7.61. The van der Waals surface area contributed by atoms with E-state index in [-0.39, 0.29) is 13.0 Å². The smallest absolute Gasteiger partial charge is 0.0469 e. The molecule has 0 aliphatic rings. The molecule has 0 N–H and O–H groups in total. The van der Waals surface area contributed by atoms with E-state index < -0.39 is 22.2 Å². The molecule has 0 amide bonds. The van der Waals surface area contributed by atoms with E-state index in [2.05, 4.69) is 4.74 Å². The first-order valence-corrected chi connectivity index (χ1v) is 5.35. The molecule has 0 heterocycles. The van der Waals surface area contributed by atoms with Gasteiger partial charge in [-0.25, -0.2) is 0 Å². The van der Waals surface area contributed by atoms with Crippen LogP contribution in [0.3, 0.4) is 0 Å². The van der Waals surface area contributed by atoms with Crippen molar-refractivity contribution >= 4 is 16.8 Å². The molecular weight excluding hydrogens is 190 g/mol. The van der Waals surface area contributed by atoms with Gasteiger partial charge in [0, 0.05) is 13.7 Å². The van der Waals surface area contributed by atoms with E-state index in [0.29, 0.717) is 0 Å². The van der Waals surface area contributed by atoms with E-state index >= 15 is 0 Å². The predicted octanol–water partition coefficient (Wildman–Crippen LogP) is -2.59. The lowest BCUT2D eigenvalue weighted by Crippen LogP contribution is -2.28. The molecule has 11 heavy (non-hydrogen) atoms. The molecule has 0 fully saturated rings. The molecule has 0 radical (unpaired) electrons. The van der Waals surface area contributed by atoms with E-state index in [1.807, 2.05) is 0 Å². The summed E-state index contributed by atoms with van der Waals surface area (Å²) in [4.78, 5) is 41.0. The van der Waals surface area contributed by atoms with Crippen LogP contribution in [0.4, 0.5) is 0 Å². The second-order valence-electron chi connectivity index (χ2n) is 1.83. The topological polar surface area (TPSA) is 101 Å². The van der Waals surface area contributed by atoms with Crippen LogP contribution < -0.4 is 19.6 Å². The van der Waals surface area contributed by atoms with Gasteiger partial charge in [-0.2, -0.15) is 0 Å². The molecule has 0 atom stereocenters. The summed E-state index contributed by atoms with van der Waals surface area (Å²) in [6.07, 6.45) is 0.00784. The Kier molecular flexibility index (Phi) is 6.58. The van der Waals surface area contributed by atoms with Crippen LogP contribution in [0.1, 0.15) is 6.42 Å². The number of methoxy groups -OCH3 is 1. The summed E-state index contributed by atoms with van der Waals surface area (Å²) in [6, 6.07) is 0. The summed E-state index contributed by atoms with van der Waals surface area (Å²) >= 11 is 0. The van der Waals surface area contributed by atoms with Gasteiger partial charge >= 0.3 is 0 Å². The van der Waals surface area contributed by atoms with Crippen molar-refractivity contribution in [3.63, 3.8) is 0 Å². The van der Waals surface area contributed by atoms with Gasteiger partial charge in [0.25, 0.3) is 0 Å². The molecule has 0 spiro atoms. The predicted molar refractivity (Wildman–Crippen MR) is 34.1 cm³/mol. The summed E-state index contributed by atoms with van der Waals surface area (Å²) in [6.45, 7) is 0.136. The molecule has 7 heteroatoms. The van der Waals surface area contributed by atoms with Crippen molar-refractivity contribution in [3.05, 3.63) is 0 Å². The molecule has 0 saturated carbocycles. The maximum absolute atomic E-state index is 10.2. The van der Waals surface area contributed by atoms with Crippen molar-refractivity contribution in [2.24, 2.45) is 0 Å². The van der Waals surface area contributed by atoms with Gasteiger partial charge < -0.3 is 41.1 Å². The van der Waals surface area contributed by atoms with Crippen molar-refractivity contribution in [2.45, 2.75) is 11.8 Å². The first-order valence-electron chi connectivity index (χ1n) is 2.85. The van der Waals surface area contributed by atoms with Crippen LogP contribution >= 0.6 is 16.8 Å². The second kappa shape index (κ2) is 6.21. The Balaban J connectivity index is 3.70. The van der Waals surface area contributed by atoms with Gasteiger partial charge in [0.1, 0.15) is 0 Å². The monoisotopic (exact) mass is 198 g/mol. The lowest BCUT2D eigenvalue weighted by molar-refractivity contribution is -0.307. The second-order valence-corrected chi connectivity index (χ2v) is 4.63. The quantitative estimate of drug-likeness (QED) is 0.451. The first kappa shape index (κ1) is 11.7. The Morgan fingerprint density at radius 3 is 1.91 bits per heavy atom. The largest absolute Gasteiger partial charge is 0.841 e. The van der Waals surface area contributed by atoms with Crippen LogP contribution in [0.25, 0.3) is 0 Å². The zero-order valence-corrected chi connectivity index (χ0v) is 7.72. The summed E-state index contributed by atoms with van der Waals surface area (Å²) < 4.78 is 4.54. The van der Waals surface area contributed by atoms with E-state index in [1.165, 1.54) is 7.11 Å². The molecule has 0 aromatic heterocycles. The number of rotatable bonds is 5.